The normalized spacial score (nSPS) is 12.4. The van der Waals surface area contributed by atoms with E-state index in [-0.39, 0.29) is 5.56 Å². The van der Waals surface area contributed by atoms with Crippen molar-refractivity contribution >= 4 is 17.2 Å². The Morgan fingerprint density at radius 1 is 1.10 bits per heavy atom. The molecule has 3 N–H and O–H groups in total. The van der Waals surface area contributed by atoms with Crippen molar-refractivity contribution in [3.05, 3.63) is 76.3 Å². The third-order valence-electron chi connectivity index (χ3n) is 5.73. The van der Waals surface area contributed by atoms with Crippen LogP contribution >= 0.6 is 11.3 Å². The maximum absolute atomic E-state index is 14.7. The van der Waals surface area contributed by atoms with Gasteiger partial charge in [0.25, 0.3) is 5.91 Å². The van der Waals surface area contributed by atoms with Crippen LogP contribution in [0.2, 0.25) is 0 Å². The number of thiazole rings is 1. The SMILES string of the molecule is CC.CF.C[C@H](O)C(=O)N(CCCN)C(c1nc(-c2cc(F)ccc2F)sc1Cc1ccccc1)C(C)(C)C. The summed E-state index contributed by atoms with van der Waals surface area (Å²) < 4.78 is 38.2. The number of aromatic nitrogens is 1. The summed E-state index contributed by atoms with van der Waals surface area (Å²) in [6.45, 7) is 12.2. The summed E-state index contributed by atoms with van der Waals surface area (Å²) >= 11 is 1.29. The third kappa shape index (κ3) is 9.44. The lowest BCUT2D eigenvalue weighted by Crippen LogP contribution is -2.46. The number of rotatable bonds is 9. The van der Waals surface area contributed by atoms with Crippen molar-refractivity contribution in [2.45, 2.75) is 66.5 Å². The summed E-state index contributed by atoms with van der Waals surface area (Å²) in [7, 11) is 0.500. The number of amides is 1. The van der Waals surface area contributed by atoms with E-state index in [2.05, 4.69) is 0 Å². The number of carbonyl (C=O) groups excluding carboxylic acids is 1. The first-order valence-electron chi connectivity index (χ1n) is 13.1. The van der Waals surface area contributed by atoms with Crippen molar-refractivity contribution in [3.63, 3.8) is 0 Å². The molecular formula is C30H42F3N3O2S. The zero-order chi connectivity index (χ0) is 29.8. The number of alkyl halides is 1. The molecule has 39 heavy (non-hydrogen) atoms. The molecule has 0 saturated heterocycles. The minimum Gasteiger partial charge on any atom is -0.384 e. The number of hydrogen-bond donors (Lipinski definition) is 2. The van der Waals surface area contributed by atoms with Crippen molar-refractivity contribution in [2.24, 2.45) is 11.1 Å². The van der Waals surface area contributed by atoms with E-state index in [1.54, 1.807) is 4.90 Å². The average Bonchev–Trinajstić information content (AvgIpc) is 3.31. The van der Waals surface area contributed by atoms with Crippen LogP contribution in [0.1, 0.15) is 70.1 Å². The molecule has 3 rings (SSSR count). The fourth-order valence-corrected chi connectivity index (χ4v) is 5.30. The van der Waals surface area contributed by atoms with Gasteiger partial charge >= 0.3 is 0 Å². The minimum atomic E-state index is -1.20. The van der Waals surface area contributed by atoms with Gasteiger partial charge < -0.3 is 15.7 Å². The second-order valence-electron chi connectivity index (χ2n) is 9.73. The summed E-state index contributed by atoms with van der Waals surface area (Å²) in [6, 6.07) is 12.6. The molecule has 0 fully saturated rings. The zero-order valence-corrected chi connectivity index (χ0v) is 24.8. The molecular weight excluding hydrogens is 523 g/mol. The topological polar surface area (TPSA) is 79.5 Å². The van der Waals surface area contributed by atoms with Crippen molar-refractivity contribution in [3.8, 4) is 10.6 Å². The maximum atomic E-state index is 14.7. The van der Waals surface area contributed by atoms with Gasteiger partial charge in [-0.15, -0.1) is 11.3 Å². The molecule has 0 radical (unpaired) electrons. The van der Waals surface area contributed by atoms with Crippen LogP contribution in [0.25, 0.3) is 10.6 Å². The predicted octanol–water partition coefficient (Wildman–Crippen LogP) is 6.94. The smallest absolute Gasteiger partial charge is 0.251 e. The quantitative estimate of drug-likeness (QED) is 0.295. The lowest BCUT2D eigenvalue weighted by atomic mass is 9.82. The van der Waals surface area contributed by atoms with Crippen molar-refractivity contribution in [1.29, 1.82) is 0 Å². The van der Waals surface area contributed by atoms with Gasteiger partial charge in [-0.25, -0.2) is 13.8 Å². The predicted molar refractivity (Wildman–Crippen MR) is 154 cm³/mol. The van der Waals surface area contributed by atoms with E-state index in [4.69, 9.17) is 10.7 Å². The second-order valence-corrected chi connectivity index (χ2v) is 10.8. The molecule has 0 aliphatic rings. The number of hydrogen-bond acceptors (Lipinski definition) is 5. The number of nitrogens with zero attached hydrogens (tertiary/aromatic N) is 2. The van der Waals surface area contributed by atoms with E-state index < -0.39 is 35.1 Å². The molecule has 3 aromatic rings. The first kappa shape index (κ1) is 34.3. The van der Waals surface area contributed by atoms with Crippen LogP contribution in [0.3, 0.4) is 0 Å². The number of benzene rings is 2. The molecule has 0 aliphatic heterocycles. The number of aliphatic hydroxyl groups is 1. The van der Waals surface area contributed by atoms with Gasteiger partial charge in [-0.2, -0.15) is 0 Å². The standard InChI is InChI=1S/C27H33F2N3O2S.C2H6.CH3F/c1-17(33)26(34)32(14-8-13-30)24(27(2,3)4)23-22(15-18-9-6-5-7-10-18)35-25(31-23)20-16-19(28)11-12-21(20)29;2*1-2/h5-7,9-12,16-17,24,33H,8,13-15,30H2,1-4H3;1-2H3;1H3/t17-,24?;;/m0../s1. The Labute approximate surface area is 234 Å². The van der Waals surface area contributed by atoms with Gasteiger partial charge in [-0.05, 0) is 49.1 Å². The molecule has 2 atom stereocenters. The fraction of sp³-hybridized carbons (Fsp3) is 0.467. The van der Waals surface area contributed by atoms with Crippen molar-refractivity contribution in [1.82, 2.24) is 9.88 Å². The molecule has 1 amide bonds. The van der Waals surface area contributed by atoms with Gasteiger partial charge in [0.15, 0.2) is 0 Å². The van der Waals surface area contributed by atoms with Crippen LogP contribution in [0.15, 0.2) is 48.5 Å². The van der Waals surface area contributed by atoms with E-state index in [1.807, 2.05) is 65.0 Å². The summed E-state index contributed by atoms with van der Waals surface area (Å²) in [5, 5.41) is 10.5. The first-order valence-corrected chi connectivity index (χ1v) is 13.9. The molecule has 0 bridgehead atoms. The molecule has 5 nitrogen and oxygen atoms in total. The van der Waals surface area contributed by atoms with Gasteiger partial charge in [0.05, 0.1) is 18.9 Å². The van der Waals surface area contributed by atoms with Crippen LogP contribution in [-0.4, -0.2) is 47.3 Å². The van der Waals surface area contributed by atoms with Crippen molar-refractivity contribution < 1.29 is 23.1 Å². The van der Waals surface area contributed by atoms with E-state index in [9.17, 15) is 23.1 Å². The van der Waals surface area contributed by atoms with Crippen LogP contribution in [0.5, 0.6) is 0 Å². The Bertz CT molecular complexity index is 1150. The molecule has 0 aliphatic carbocycles. The van der Waals surface area contributed by atoms with Crippen LogP contribution in [-0.2, 0) is 11.2 Å². The highest BCUT2D eigenvalue weighted by Gasteiger charge is 2.39. The summed E-state index contributed by atoms with van der Waals surface area (Å²) in [5.74, 6) is -1.54. The van der Waals surface area contributed by atoms with E-state index >= 15 is 0 Å². The lowest BCUT2D eigenvalue weighted by Gasteiger charge is -2.40. The highest BCUT2D eigenvalue weighted by Crippen LogP contribution is 2.43. The summed E-state index contributed by atoms with van der Waals surface area (Å²) in [5.41, 5.74) is 7.01. The average molecular weight is 566 g/mol. The summed E-state index contributed by atoms with van der Waals surface area (Å²) in [4.78, 5) is 20.5. The minimum absolute atomic E-state index is 0.0820. The Balaban J connectivity index is 0.00000181. The number of aliphatic hydroxyl groups excluding tert-OH is 1. The van der Waals surface area contributed by atoms with Crippen LogP contribution < -0.4 is 5.73 Å². The molecule has 0 spiro atoms. The first-order chi connectivity index (χ1) is 18.5. The highest BCUT2D eigenvalue weighted by molar-refractivity contribution is 7.15. The Kier molecular flexibility index (Phi) is 14.4. The Hall–Kier alpha value is -2.75. The van der Waals surface area contributed by atoms with E-state index in [0.717, 1.165) is 28.6 Å². The van der Waals surface area contributed by atoms with Crippen LogP contribution in [0, 0.1) is 17.0 Å². The highest BCUT2D eigenvalue weighted by atomic mass is 32.1. The van der Waals surface area contributed by atoms with Crippen LogP contribution in [0.4, 0.5) is 13.2 Å². The van der Waals surface area contributed by atoms with Gasteiger partial charge in [-0.1, -0.05) is 65.0 Å². The molecule has 2 aromatic carbocycles. The third-order valence-corrected chi connectivity index (χ3v) is 6.83. The number of halogens is 3. The van der Waals surface area contributed by atoms with Gasteiger partial charge in [0.1, 0.15) is 22.7 Å². The molecule has 1 heterocycles. The van der Waals surface area contributed by atoms with E-state index in [1.165, 1.54) is 18.3 Å². The Morgan fingerprint density at radius 2 is 1.72 bits per heavy atom. The molecule has 1 aromatic heterocycles. The van der Waals surface area contributed by atoms with E-state index in [0.29, 0.717) is 43.8 Å². The number of nitrogens with two attached hydrogens (primary N) is 1. The lowest BCUT2D eigenvalue weighted by molar-refractivity contribution is -0.144. The maximum Gasteiger partial charge on any atom is 0.251 e. The zero-order valence-electron chi connectivity index (χ0n) is 24.0. The number of carbonyl (C=O) groups is 1. The Morgan fingerprint density at radius 3 is 2.26 bits per heavy atom. The molecule has 0 saturated carbocycles. The second kappa shape index (κ2) is 16.4. The molecule has 9 heteroatoms. The largest absolute Gasteiger partial charge is 0.384 e. The monoisotopic (exact) mass is 565 g/mol. The van der Waals surface area contributed by atoms with Gasteiger partial charge in [-0.3, -0.25) is 9.18 Å². The van der Waals surface area contributed by atoms with Crippen molar-refractivity contribution in [2.75, 3.05) is 20.3 Å². The fourth-order valence-electron chi connectivity index (χ4n) is 4.16. The van der Waals surface area contributed by atoms with Gasteiger partial charge in [0.2, 0.25) is 0 Å². The summed E-state index contributed by atoms with van der Waals surface area (Å²) in [6.07, 6.45) is -0.131. The molecule has 1 unspecified atom stereocenters. The molecule has 216 valence electrons. The van der Waals surface area contributed by atoms with Gasteiger partial charge in [0, 0.05) is 23.4 Å².